The molecular formula is C23H23F3N4O3S. The van der Waals surface area contributed by atoms with Crippen LogP contribution in [0.25, 0.3) is 5.69 Å². The van der Waals surface area contributed by atoms with Gasteiger partial charge in [-0.1, -0.05) is 17.7 Å². The van der Waals surface area contributed by atoms with Crippen LogP contribution in [0.3, 0.4) is 0 Å². The van der Waals surface area contributed by atoms with Crippen molar-refractivity contribution in [2.24, 2.45) is 5.92 Å². The number of nitrogens with one attached hydrogen (secondary N) is 1. The molecule has 34 heavy (non-hydrogen) atoms. The molecule has 0 spiro atoms. The van der Waals surface area contributed by atoms with Gasteiger partial charge in [-0.3, -0.25) is 4.79 Å². The molecule has 180 valence electrons. The van der Waals surface area contributed by atoms with Crippen molar-refractivity contribution >= 4 is 21.6 Å². The number of nitrogens with zero attached hydrogens (tertiary/aromatic N) is 3. The number of carbonyl (C=O) groups excluding carboxylic acids is 1. The number of aromatic nitrogens is 2. The fraction of sp³-hybridized carbons (Fsp3) is 0.304. The second-order valence-corrected chi connectivity index (χ2v) is 10.1. The molecule has 0 unspecified atom stereocenters. The van der Waals surface area contributed by atoms with E-state index in [1.165, 1.54) is 28.6 Å². The Balaban J connectivity index is 1.36. The molecule has 4 rings (SSSR count). The van der Waals surface area contributed by atoms with E-state index < -0.39 is 21.9 Å². The number of hydrogen-bond donors (Lipinski definition) is 1. The molecular weight excluding hydrogens is 469 g/mol. The van der Waals surface area contributed by atoms with Crippen LogP contribution in [-0.4, -0.2) is 41.5 Å². The Hall–Kier alpha value is -3.18. The molecule has 2 aromatic carbocycles. The van der Waals surface area contributed by atoms with Gasteiger partial charge in [0.05, 0.1) is 16.8 Å². The Morgan fingerprint density at radius 1 is 1.00 bits per heavy atom. The molecule has 1 aromatic heterocycles. The number of anilines is 1. The number of hydrogen-bond acceptors (Lipinski definition) is 4. The Bertz CT molecular complexity index is 1260. The summed E-state index contributed by atoms with van der Waals surface area (Å²) in [5.41, 5.74) is 0.721. The average molecular weight is 493 g/mol. The molecule has 11 heteroatoms. The van der Waals surface area contributed by atoms with Crippen molar-refractivity contribution in [3.63, 3.8) is 0 Å². The van der Waals surface area contributed by atoms with Crippen LogP contribution in [0.4, 0.5) is 18.9 Å². The van der Waals surface area contributed by atoms with E-state index in [-0.39, 0.29) is 35.5 Å². The van der Waals surface area contributed by atoms with E-state index in [0.29, 0.717) is 18.5 Å². The minimum absolute atomic E-state index is 0.213. The van der Waals surface area contributed by atoms with E-state index in [1.54, 1.807) is 24.3 Å². The van der Waals surface area contributed by atoms with Crippen molar-refractivity contribution in [1.82, 2.24) is 14.1 Å². The largest absolute Gasteiger partial charge is 0.433 e. The van der Waals surface area contributed by atoms with E-state index in [4.69, 9.17) is 0 Å². The van der Waals surface area contributed by atoms with Crippen molar-refractivity contribution in [1.29, 1.82) is 0 Å². The SMILES string of the molecule is Cc1ccc(S(=O)(=O)N2CCC(C(=O)Nc3ccc(-n4nccc4C(F)(F)F)cc3)CC2)cc1. The summed E-state index contributed by atoms with van der Waals surface area (Å²) in [5.74, 6) is -0.623. The molecule has 1 aliphatic rings. The Morgan fingerprint density at radius 2 is 1.62 bits per heavy atom. The van der Waals surface area contributed by atoms with Gasteiger partial charge in [-0.15, -0.1) is 0 Å². The number of sulfonamides is 1. The normalized spacial score (nSPS) is 15.9. The van der Waals surface area contributed by atoms with Crippen LogP contribution in [0.15, 0.2) is 65.7 Å². The highest BCUT2D eigenvalue weighted by Gasteiger charge is 2.35. The first-order valence-corrected chi connectivity index (χ1v) is 12.1. The highest BCUT2D eigenvalue weighted by atomic mass is 32.2. The van der Waals surface area contributed by atoms with Crippen LogP contribution in [0, 0.1) is 12.8 Å². The lowest BCUT2D eigenvalue weighted by Crippen LogP contribution is -2.41. The van der Waals surface area contributed by atoms with Gasteiger partial charge in [-0.2, -0.15) is 22.6 Å². The molecule has 1 aliphatic heterocycles. The van der Waals surface area contributed by atoms with E-state index in [1.807, 2.05) is 6.92 Å². The fourth-order valence-electron chi connectivity index (χ4n) is 3.87. The monoisotopic (exact) mass is 492 g/mol. The maximum Gasteiger partial charge on any atom is 0.433 e. The van der Waals surface area contributed by atoms with Gasteiger partial charge < -0.3 is 5.32 Å². The first-order chi connectivity index (χ1) is 16.1. The van der Waals surface area contributed by atoms with Crippen molar-refractivity contribution in [3.8, 4) is 5.69 Å². The number of halogens is 3. The third-order valence-electron chi connectivity index (χ3n) is 5.80. The zero-order valence-corrected chi connectivity index (χ0v) is 19.1. The summed E-state index contributed by atoms with van der Waals surface area (Å²) in [7, 11) is -3.61. The number of piperidine rings is 1. The third kappa shape index (κ3) is 5.00. The lowest BCUT2D eigenvalue weighted by Gasteiger charge is -2.30. The van der Waals surface area contributed by atoms with Gasteiger partial charge in [0.1, 0.15) is 5.69 Å². The number of benzene rings is 2. The summed E-state index contributed by atoms with van der Waals surface area (Å²) in [4.78, 5) is 12.9. The number of alkyl halides is 3. The van der Waals surface area contributed by atoms with Crippen molar-refractivity contribution < 1.29 is 26.4 Å². The maximum absolute atomic E-state index is 13.1. The molecule has 3 aromatic rings. The Labute approximate surface area is 195 Å². The summed E-state index contributed by atoms with van der Waals surface area (Å²) < 4.78 is 67.1. The summed E-state index contributed by atoms with van der Waals surface area (Å²) in [6.45, 7) is 2.34. The predicted molar refractivity (Wildman–Crippen MR) is 120 cm³/mol. The van der Waals surface area contributed by atoms with Crippen LogP contribution in [0.1, 0.15) is 24.1 Å². The molecule has 1 fully saturated rings. The zero-order chi connectivity index (χ0) is 24.5. The number of carbonyl (C=O) groups is 1. The molecule has 0 aliphatic carbocycles. The van der Waals surface area contributed by atoms with Gasteiger partial charge in [-0.25, -0.2) is 13.1 Å². The van der Waals surface area contributed by atoms with Gasteiger partial charge in [0, 0.05) is 24.7 Å². The molecule has 2 heterocycles. The quantitative estimate of drug-likeness (QED) is 0.578. The summed E-state index contributed by atoms with van der Waals surface area (Å²) in [6, 6.07) is 13.4. The second kappa shape index (κ2) is 9.22. The van der Waals surface area contributed by atoms with Crippen LogP contribution >= 0.6 is 0 Å². The van der Waals surface area contributed by atoms with Gasteiger partial charge in [0.25, 0.3) is 0 Å². The van der Waals surface area contributed by atoms with Crippen molar-refractivity contribution in [2.75, 3.05) is 18.4 Å². The van der Waals surface area contributed by atoms with E-state index in [0.717, 1.165) is 22.5 Å². The number of rotatable bonds is 5. The number of amides is 1. The maximum atomic E-state index is 13.1. The van der Waals surface area contributed by atoms with Crippen molar-refractivity contribution in [2.45, 2.75) is 30.8 Å². The fourth-order valence-corrected chi connectivity index (χ4v) is 5.34. The molecule has 1 N–H and O–H groups in total. The highest BCUT2D eigenvalue weighted by Crippen LogP contribution is 2.31. The molecule has 0 saturated carbocycles. The minimum Gasteiger partial charge on any atom is -0.326 e. The molecule has 1 saturated heterocycles. The summed E-state index contributed by atoms with van der Waals surface area (Å²) in [6.07, 6.45) is -2.72. The third-order valence-corrected chi connectivity index (χ3v) is 7.71. The average Bonchev–Trinajstić information content (AvgIpc) is 3.31. The first kappa shape index (κ1) is 24.0. The van der Waals surface area contributed by atoms with Gasteiger partial charge in [0.15, 0.2) is 0 Å². The predicted octanol–water partition coefficient (Wildman–Crippen LogP) is 4.24. The summed E-state index contributed by atoms with van der Waals surface area (Å²) >= 11 is 0. The summed E-state index contributed by atoms with van der Waals surface area (Å²) in [5, 5.41) is 6.49. The van der Waals surface area contributed by atoms with Crippen LogP contribution in [0.5, 0.6) is 0 Å². The van der Waals surface area contributed by atoms with Gasteiger partial charge in [-0.05, 0) is 62.2 Å². The van der Waals surface area contributed by atoms with Gasteiger partial charge in [0.2, 0.25) is 15.9 Å². The van der Waals surface area contributed by atoms with Crippen LogP contribution < -0.4 is 5.32 Å². The lowest BCUT2D eigenvalue weighted by atomic mass is 9.97. The smallest absolute Gasteiger partial charge is 0.326 e. The van der Waals surface area contributed by atoms with Gasteiger partial charge >= 0.3 is 6.18 Å². The molecule has 0 atom stereocenters. The minimum atomic E-state index is -4.54. The topological polar surface area (TPSA) is 84.3 Å². The molecule has 0 radical (unpaired) electrons. The Kier molecular flexibility index (Phi) is 6.50. The standard InChI is InChI=1S/C23H23F3N4O3S/c1-16-2-8-20(9-3-16)34(32,33)29-14-11-17(12-15-29)22(31)28-18-4-6-19(7-5-18)30-21(10-13-27-30)23(24,25)26/h2-10,13,17H,11-12,14-15H2,1H3,(H,28,31). The molecule has 1 amide bonds. The second-order valence-electron chi connectivity index (χ2n) is 8.15. The number of aryl methyl sites for hydroxylation is 1. The Morgan fingerprint density at radius 3 is 2.21 bits per heavy atom. The highest BCUT2D eigenvalue weighted by molar-refractivity contribution is 7.89. The van der Waals surface area contributed by atoms with E-state index in [2.05, 4.69) is 10.4 Å². The van der Waals surface area contributed by atoms with Crippen LogP contribution in [-0.2, 0) is 21.0 Å². The molecule has 0 bridgehead atoms. The van der Waals surface area contributed by atoms with Crippen molar-refractivity contribution in [3.05, 3.63) is 72.1 Å². The molecule has 7 nitrogen and oxygen atoms in total. The lowest BCUT2D eigenvalue weighted by molar-refractivity contribution is -0.142. The zero-order valence-electron chi connectivity index (χ0n) is 18.3. The first-order valence-electron chi connectivity index (χ1n) is 10.6. The van der Waals surface area contributed by atoms with E-state index >= 15 is 0 Å². The van der Waals surface area contributed by atoms with Crippen LogP contribution in [0.2, 0.25) is 0 Å². The van der Waals surface area contributed by atoms with E-state index in [9.17, 15) is 26.4 Å².